The van der Waals surface area contributed by atoms with Gasteiger partial charge in [0, 0.05) is 30.8 Å². The molecule has 0 N–H and O–H groups in total. The molecule has 1 amide bonds. The van der Waals surface area contributed by atoms with E-state index < -0.39 is 0 Å². The number of hydrogen-bond donors (Lipinski definition) is 0. The highest BCUT2D eigenvalue weighted by Crippen LogP contribution is 2.27. The van der Waals surface area contributed by atoms with Crippen LogP contribution in [0, 0.1) is 11.3 Å². The molecule has 2 aromatic carbocycles. The third-order valence-corrected chi connectivity index (χ3v) is 7.40. The lowest BCUT2D eigenvalue weighted by molar-refractivity contribution is 0.0751. The summed E-state index contributed by atoms with van der Waals surface area (Å²) in [5.41, 5.74) is 4.18. The van der Waals surface area contributed by atoms with E-state index in [2.05, 4.69) is 29.4 Å². The van der Waals surface area contributed by atoms with Crippen molar-refractivity contribution in [1.82, 2.24) is 19.4 Å². The number of hydrogen-bond acceptors (Lipinski definition) is 4. The average Bonchev–Trinajstić information content (AvgIpc) is 3.31. The summed E-state index contributed by atoms with van der Waals surface area (Å²) in [5, 5.41) is 9.45. The van der Waals surface area contributed by atoms with Crippen molar-refractivity contribution >= 4 is 16.9 Å². The Kier molecular flexibility index (Phi) is 9.73. The predicted molar refractivity (Wildman–Crippen MR) is 151 cm³/mol. The number of aryl methyl sites for hydroxylation is 1. The Bertz CT molecular complexity index is 1210. The van der Waals surface area contributed by atoms with Crippen molar-refractivity contribution in [3.05, 3.63) is 53.6 Å². The molecule has 1 aliphatic rings. The first-order valence-electron chi connectivity index (χ1n) is 14.2. The van der Waals surface area contributed by atoms with Gasteiger partial charge in [0.05, 0.1) is 22.7 Å². The van der Waals surface area contributed by atoms with E-state index in [1.54, 1.807) is 0 Å². The number of likely N-dealkylation sites (tertiary alicyclic amines) is 1. The molecule has 0 atom stereocenters. The van der Waals surface area contributed by atoms with Crippen LogP contribution in [0.1, 0.15) is 81.1 Å². The molecule has 0 unspecified atom stereocenters. The lowest BCUT2D eigenvalue weighted by atomic mass is 10.1. The van der Waals surface area contributed by atoms with Crippen LogP contribution in [0.3, 0.4) is 0 Å². The minimum atomic E-state index is 0.109. The number of nitriles is 1. The molecular formula is C31H41N5O. The number of rotatable bonds is 12. The summed E-state index contributed by atoms with van der Waals surface area (Å²) in [7, 11) is 0. The van der Waals surface area contributed by atoms with Crippen LogP contribution in [0.4, 0.5) is 0 Å². The molecular weight excluding hydrogens is 458 g/mol. The molecule has 1 saturated heterocycles. The minimum Gasteiger partial charge on any atom is -0.339 e. The summed E-state index contributed by atoms with van der Waals surface area (Å²) in [6.07, 6.45) is 9.13. The zero-order valence-electron chi connectivity index (χ0n) is 22.6. The number of carbonyl (C=O) groups is 1. The second-order valence-corrected chi connectivity index (χ2v) is 10.2. The number of piperidine rings is 1. The van der Waals surface area contributed by atoms with Gasteiger partial charge in [-0.05, 0) is 82.1 Å². The Morgan fingerprint density at radius 1 is 0.973 bits per heavy atom. The van der Waals surface area contributed by atoms with Crippen molar-refractivity contribution in [2.24, 2.45) is 0 Å². The van der Waals surface area contributed by atoms with E-state index in [0.717, 1.165) is 86.3 Å². The van der Waals surface area contributed by atoms with Gasteiger partial charge in [0.15, 0.2) is 0 Å². The first-order chi connectivity index (χ1) is 18.1. The number of fused-ring (bicyclic) bond motifs is 1. The van der Waals surface area contributed by atoms with Crippen LogP contribution in [0.2, 0.25) is 0 Å². The van der Waals surface area contributed by atoms with Gasteiger partial charge < -0.3 is 14.4 Å². The van der Waals surface area contributed by atoms with E-state index in [1.807, 2.05) is 47.4 Å². The van der Waals surface area contributed by atoms with Crippen molar-refractivity contribution in [3.8, 4) is 17.5 Å². The molecule has 0 saturated carbocycles. The highest BCUT2D eigenvalue weighted by Gasteiger charge is 2.19. The molecule has 4 rings (SSSR count). The van der Waals surface area contributed by atoms with Gasteiger partial charge in [0.2, 0.25) is 0 Å². The molecule has 0 radical (unpaired) electrons. The van der Waals surface area contributed by atoms with Crippen molar-refractivity contribution in [1.29, 1.82) is 5.26 Å². The fourth-order valence-electron chi connectivity index (χ4n) is 5.26. The van der Waals surface area contributed by atoms with Crippen molar-refractivity contribution < 1.29 is 4.79 Å². The number of carbonyl (C=O) groups excluding carboxylic acids is 1. The van der Waals surface area contributed by atoms with Crippen molar-refractivity contribution in [3.63, 3.8) is 0 Å². The fourth-order valence-corrected chi connectivity index (χ4v) is 5.26. The Hall–Kier alpha value is -3.17. The Morgan fingerprint density at radius 2 is 1.73 bits per heavy atom. The lowest BCUT2D eigenvalue weighted by Crippen LogP contribution is -2.33. The molecule has 37 heavy (non-hydrogen) atoms. The van der Waals surface area contributed by atoms with Gasteiger partial charge in [0.1, 0.15) is 5.82 Å². The second-order valence-electron chi connectivity index (χ2n) is 10.2. The summed E-state index contributed by atoms with van der Waals surface area (Å²) in [4.78, 5) is 23.1. The predicted octanol–water partition coefficient (Wildman–Crippen LogP) is 6.49. The van der Waals surface area contributed by atoms with Crippen LogP contribution >= 0.6 is 0 Å². The molecule has 6 nitrogen and oxygen atoms in total. The standard InChI is InChI=1S/C31H41N5O/c1-3-5-19-35(20-6-4-2)31(37)27-14-15-28-29(23-27)36(21-11-18-34-16-8-7-9-17-34)30(33-28)26-13-10-12-25(22-26)24-32/h10,12-15,22-23H,3-9,11,16-21H2,1-2H3. The van der Waals surface area contributed by atoms with Gasteiger partial charge in [-0.15, -0.1) is 0 Å². The number of nitrogens with zero attached hydrogens (tertiary/aromatic N) is 5. The zero-order valence-corrected chi connectivity index (χ0v) is 22.6. The van der Waals surface area contributed by atoms with Crippen LogP contribution in [0.25, 0.3) is 22.4 Å². The second kappa shape index (κ2) is 13.4. The van der Waals surface area contributed by atoms with E-state index in [4.69, 9.17) is 4.98 Å². The molecule has 1 aromatic heterocycles. The molecule has 3 aromatic rings. The maximum Gasteiger partial charge on any atom is 0.253 e. The largest absolute Gasteiger partial charge is 0.339 e. The summed E-state index contributed by atoms with van der Waals surface area (Å²) in [6, 6.07) is 15.9. The van der Waals surface area contributed by atoms with Crippen LogP contribution < -0.4 is 0 Å². The maximum atomic E-state index is 13.5. The van der Waals surface area contributed by atoms with Crippen LogP contribution in [-0.2, 0) is 6.54 Å². The highest BCUT2D eigenvalue weighted by atomic mass is 16.2. The lowest BCUT2D eigenvalue weighted by Gasteiger charge is -2.26. The Morgan fingerprint density at radius 3 is 2.43 bits per heavy atom. The fraction of sp³-hybridized carbons (Fsp3) is 0.516. The van der Waals surface area contributed by atoms with Gasteiger partial charge in [-0.1, -0.05) is 45.2 Å². The van der Waals surface area contributed by atoms with Gasteiger partial charge in [-0.25, -0.2) is 4.98 Å². The number of unbranched alkanes of at least 4 members (excludes halogenated alkanes) is 2. The van der Waals surface area contributed by atoms with Crippen LogP contribution in [-0.4, -0.2) is 58.0 Å². The third kappa shape index (κ3) is 6.78. The summed E-state index contributed by atoms with van der Waals surface area (Å²) in [5.74, 6) is 0.974. The quantitative estimate of drug-likeness (QED) is 0.286. The summed E-state index contributed by atoms with van der Waals surface area (Å²) >= 11 is 0. The first-order valence-corrected chi connectivity index (χ1v) is 14.2. The molecule has 6 heteroatoms. The summed E-state index contributed by atoms with van der Waals surface area (Å²) in [6.45, 7) is 10.2. The zero-order chi connectivity index (χ0) is 26.0. The molecule has 2 heterocycles. The van der Waals surface area contributed by atoms with Gasteiger partial charge >= 0.3 is 0 Å². The van der Waals surface area contributed by atoms with E-state index in [0.29, 0.717) is 5.56 Å². The van der Waals surface area contributed by atoms with E-state index in [-0.39, 0.29) is 5.91 Å². The highest BCUT2D eigenvalue weighted by molar-refractivity contribution is 5.98. The smallest absolute Gasteiger partial charge is 0.253 e. The van der Waals surface area contributed by atoms with Crippen molar-refractivity contribution in [2.75, 3.05) is 32.7 Å². The van der Waals surface area contributed by atoms with Crippen LogP contribution in [0.5, 0.6) is 0 Å². The molecule has 1 fully saturated rings. The third-order valence-electron chi connectivity index (χ3n) is 7.40. The van der Waals surface area contributed by atoms with Gasteiger partial charge in [0.25, 0.3) is 5.91 Å². The van der Waals surface area contributed by atoms with E-state index in [1.165, 1.54) is 32.4 Å². The summed E-state index contributed by atoms with van der Waals surface area (Å²) < 4.78 is 2.26. The number of imidazole rings is 1. The molecule has 196 valence electrons. The van der Waals surface area contributed by atoms with E-state index in [9.17, 15) is 10.1 Å². The average molecular weight is 500 g/mol. The Labute approximate surface area is 221 Å². The normalized spacial score (nSPS) is 14.1. The van der Waals surface area contributed by atoms with Gasteiger partial charge in [-0.3, -0.25) is 4.79 Å². The van der Waals surface area contributed by atoms with E-state index >= 15 is 0 Å². The molecule has 1 aliphatic heterocycles. The Balaban J connectivity index is 1.67. The van der Waals surface area contributed by atoms with Gasteiger partial charge in [-0.2, -0.15) is 5.26 Å². The first kappa shape index (κ1) is 26.9. The SMILES string of the molecule is CCCCN(CCCC)C(=O)c1ccc2nc(-c3cccc(C#N)c3)n(CCCN3CCCCC3)c2c1. The molecule has 0 aliphatic carbocycles. The minimum absolute atomic E-state index is 0.109. The topological polar surface area (TPSA) is 65.2 Å². The number of aromatic nitrogens is 2. The van der Waals surface area contributed by atoms with Crippen molar-refractivity contribution in [2.45, 2.75) is 71.8 Å². The number of amides is 1. The monoisotopic (exact) mass is 499 g/mol. The van der Waals surface area contributed by atoms with Crippen LogP contribution in [0.15, 0.2) is 42.5 Å². The number of benzene rings is 2. The maximum absolute atomic E-state index is 13.5. The molecule has 0 spiro atoms. The molecule has 0 bridgehead atoms.